The predicted molar refractivity (Wildman–Crippen MR) is 90.8 cm³/mol. The van der Waals surface area contributed by atoms with Crippen LogP contribution < -0.4 is 10.6 Å². The van der Waals surface area contributed by atoms with Crippen LogP contribution in [0.5, 0.6) is 0 Å². The van der Waals surface area contributed by atoms with Crippen molar-refractivity contribution < 1.29 is 5.11 Å². The number of para-hydroxylation sites is 2. The Morgan fingerprint density at radius 2 is 1.55 bits per heavy atom. The fraction of sp³-hybridized carbons (Fsp3) is 0.333. The molecular weight excluding hydrogens is 292 g/mol. The summed E-state index contributed by atoms with van der Waals surface area (Å²) >= 11 is 1.80. The first-order valence-corrected chi connectivity index (χ1v) is 8.66. The van der Waals surface area contributed by atoms with Gasteiger partial charge in [0, 0.05) is 15.8 Å². The standard InChI is InChI=1S/C18H20N2OS/c19-12-6-5-9-15(18(12)21)20-13-7-1-3-10-16(13)22-17-11-4-2-8-14(17)20/h1-4,7-8,10-12,15,18,21H,5-6,9,19H2/t12-,15+,18+/m1/s1. The molecule has 114 valence electrons. The summed E-state index contributed by atoms with van der Waals surface area (Å²) in [6.07, 6.45) is 2.46. The SMILES string of the molecule is N[C@@H]1CCC[C@H](N2c3ccccc3Sc3ccccc32)[C@H]1O. The van der Waals surface area contributed by atoms with Crippen molar-refractivity contribution in [1.82, 2.24) is 0 Å². The van der Waals surface area contributed by atoms with Gasteiger partial charge in [-0.05, 0) is 43.5 Å². The molecule has 3 N–H and O–H groups in total. The lowest BCUT2D eigenvalue weighted by molar-refractivity contribution is 0.0875. The topological polar surface area (TPSA) is 49.5 Å². The van der Waals surface area contributed by atoms with Gasteiger partial charge in [0.1, 0.15) is 0 Å². The summed E-state index contributed by atoms with van der Waals surface area (Å²) in [5.41, 5.74) is 8.50. The van der Waals surface area contributed by atoms with Crippen LogP contribution in [0.1, 0.15) is 19.3 Å². The molecule has 0 amide bonds. The molecule has 2 aromatic carbocycles. The van der Waals surface area contributed by atoms with Crippen LogP contribution >= 0.6 is 11.8 Å². The van der Waals surface area contributed by atoms with E-state index in [9.17, 15) is 5.11 Å². The number of hydrogen-bond donors (Lipinski definition) is 2. The van der Waals surface area contributed by atoms with E-state index in [4.69, 9.17) is 5.73 Å². The van der Waals surface area contributed by atoms with Gasteiger partial charge in [-0.15, -0.1) is 0 Å². The normalized spacial score (nSPS) is 27.2. The second kappa shape index (κ2) is 5.61. The molecule has 0 aromatic heterocycles. The van der Waals surface area contributed by atoms with Crippen molar-refractivity contribution in [2.45, 2.75) is 47.2 Å². The third kappa shape index (κ3) is 2.22. The highest BCUT2D eigenvalue weighted by atomic mass is 32.2. The van der Waals surface area contributed by atoms with Gasteiger partial charge >= 0.3 is 0 Å². The summed E-state index contributed by atoms with van der Waals surface area (Å²) in [6, 6.07) is 16.8. The molecule has 0 saturated heterocycles. The number of hydrogen-bond acceptors (Lipinski definition) is 4. The molecule has 4 rings (SSSR count). The number of fused-ring (bicyclic) bond motifs is 2. The molecule has 1 fully saturated rings. The van der Waals surface area contributed by atoms with Crippen LogP contribution in [0.15, 0.2) is 58.3 Å². The third-order valence-electron chi connectivity index (χ3n) is 4.67. The lowest BCUT2D eigenvalue weighted by Gasteiger charge is -2.44. The average Bonchev–Trinajstić information content (AvgIpc) is 2.55. The molecule has 1 aliphatic carbocycles. The van der Waals surface area contributed by atoms with Crippen LogP contribution in [0.2, 0.25) is 0 Å². The van der Waals surface area contributed by atoms with Gasteiger partial charge in [0.05, 0.1) is 23.5 Å². The average molecular weight is 312 g/mol. The van der Waals surface area contributed by atoms with Gasteiger partial charge in [-0.1, -0.05) is 36.0 Å². The van der Waals surface area contributed by atoms with E-state index in [-0.39, 0.29) is 12.1 Å². The van der Waals surface area contributed by atoms with Crippen molar-refractivity contribution in [3.8, 4) is 0 Å². The van der Waals surface area contributed by atoms with Crippen LogP contribution in [0.3, 0.4) is 0 Å². The number of benzene rings is 2. The quantitative estimate of drug-likeness (QED) is 0.846. The van der Waals surface area contributed by atoms with E-state index in [0.717, 1.165) is 19.3 Å². The van der Waals surface area contributed by atoms with Gasteiger partial charge in [-0.25, -0.2) is 0 Å². The Bertz CT molecular complexity index is 645. The number of anilines is 2. The van der Waals surface area contributed by atoms with Crippen LogP contribution in [0, 0.1) is 0 Å². The van der Waals surface area contributed by atoms with Crippen molar-refractivity contribution in [2.24, 2.45) is 5.73 Å². The number of aliphatic hydroxyl groups is 1. The number of aliphatic hydroxyl groups excluding tert-OH is 1. The Balaban J connectivity index is 1.84. The largest absolute Gasteiger partial charge is 0.389 e. The highest BCUT2D eigenvalue weighted by Gasteiger charge is 2.37. The van der Waals surface area contributed by atoms with E-state index in [1.807, 2.05) is 0 Å². The summed E-state index contributed by atoms with van der Waals surface area (Å²) < 4.78 is 0. The Kier molecular flexibility index (Phi) is 3.60. The molecule has 2 aromatic rings. The summed E-state index contributed by atoms with van der Waals surface area (Å²) in [5, 5.41) is 10.7. The fourth-order valence-corrected chi connectivity index (χ4v) is 4.63. The third-order valence-corrected chi connectivity index (χ3v) is 5.80. The molecule has 0 bridgehead atoms. The van der Waals surface area contributed by atoms with Gasteiger partial charge in [0.2, 0.25) is 0 Å². The van der Waals surface area contributed by atoms with Gasteiger partial charge in [-0.2, -0.15) is 0 Å². The van der Waals surface area contributed by atoms with Crippen LogP contribution in [0.4, 0.5) is 11.4 Å². The van der Waals surface area contributed by atoms with Crippen molar-refractivity contribution in [3.63, 3.8) is 0 Å². The van der Waals surface area contributed by atoms with E-state index in [1.54, 1.807) is 11.8 Å². The van der Waals surface area contributed by atoms with Gasteiger partial charge in [0.25, 0.3) is 0 Å². The minimum Gasteiger partial charge on any atom is -0.389 e. The molecule has 0 unspecified atom stereocenters. The summed E-state index contributed by atoms with van der Waals surface area (Å²) in [4.78, 5) is 4.80. The van der Waals surface area contributed by atoms with E-state index in [2.05, 4.69) is 53.4 Å². The van der Waals surface area contributed by atoms with Gasteiger partial charge < -0.3 is 15.7 Å². The maximum absolute atomic E-state index is 10.7. The number of rotatable bonds is 1. The Labute approximate surface area is 135 Å². The molecule has 4 heteroatoms. The molecule has 1 saturated carbocycles. The van der Waals surface area contributed by atoms with Crippen LogP contribution in [-0.4, -0.2) is 23.3 Å². The van der Waals surface area contributed by atoms with Gasteiger partial charge in [0.15, 0.2) is 0 Å². The lowest BCUT2D eigenvalue weighted by atomic mass is 9.87. The van der Waals surface area contributed by atoms with Crippen molar-refractivity contribution >= 4 is 23.1 Å². The number of nitrogens with two attached hydrogens (primary N) is 1. The van der Waals surface area contributed by atoms with E-state index < -0.39 is 6.10 Å². The molecule has 0 spiro atoms. The first kappa shape index (κ1) is 14.1. The van der Waals surface area contributed by atoms with Crippen molar-refractivity contribution in [3.05, 3.63) is 48.5 Å². The molecule has 22 heavy (non-hydrogen) atoms. The first-order valence-electron chi connectivity index (χ1n) is 7.84. The zero-order chi connectivity index (χ0) is 15.1. The maximum atomic E-state index is 10.7. The summed E-state index contributed by atoms with van der Waals surface area (Å²) in [7, 11) is 0. The van der Waals surface area contributed by atoms with E-state index in [0.29, 0.717) is 0 Å². The molecule has 0 radical (unpaired) electrons. The molecule has 1 aliphatic heterocycles. The second-order valence-electron chi connectivity index (χ2n) is 6.06. The smallest absolute Gasteiger partial charge is 0.0897 e. The number of nitrogens with zero attached hydrogens (tertiary/aromatic N) is 1. The second-order valence-corrected chi connectivity index (χ2v) is 7.14. The van der Waals surface area contributed by atoms with Crippen LogP contribution in [-0.2, 0) is 0 Å². The van der Waals surface area contributed by atoms with Gasteiger partial charge in [-0.3, -0.25) is 0 Å². The maximum Gasteiger partial charge on any atom is 0.0897 e. The fourth-order valence-electron chi connectivity index (χ4n) is 3.56. The molecule has 2 aliphatic rings. The summed E-state index contributed by atoms with van der Waals surface area (Å²) in [5.74, 6) is 0. The predicted octanol–water partition coefficient (Wildman–Crippen LogP) is 3.53. The van der Waals surface area contributed by atoms with Crippen molar-refractivity contribution in [2.75, 3.05) is 4.90 Å². The summed E-state index contributed by atoms with van der Waals surface area (Å²) in [6.45, 7) is 0. The van der Waals surface area contributed by atoms with Crippen LogP contribution in [0.25, 0.3) is 0 Å². The molecule has 3 atom stereocenters. The zero-order valence-corrected chi connectivity index (χ0v) is 13.2. The molecule has 1 heterocycles. The lowest BCUT2D eigenvalue weighted by Crippen LogP contribution is -2.53. The highest BCUT2D eigenvalue weighted by molar-refractivity contribution is 7.99. The minimum absolute atomic E-state index is 0.0481. The van der Waals surface area contributed by atoms with E-state index >= 15 is 0 Å². The van der Waals surface area contributed by atoms with Crippen molar-refractivity contribution in [1.29, 1.82) is 0 Å². The Morgan fingerprint density at radius 1 is 0.955 bits per heavy atom. The first-order chi connectivity index (χ1) is 10.8. The van der Waals surface area contributed by atoms with E-state index in [1.165, 1.54) is 21.2 Å². The molecule has 3 nitrogen and oxygen atoms in total. The zero-order valence-electron chi connectivity index (χ0n) is 12.4. The Morgan fingerprint density at radius 3 is 2.18 bits per heavy atom. The Hall–Kier alpha value is -1.49. The highest BCUT2D eigenvalue weighted by Crippen LogP contribution is 2.50. The minimum atomic E-state index is -0.488. The monoisotopic (exact) mass is 312 g/mol. The molecular formula is C18H20N2OS.